The van der Waals surface area contributed by atoms with Crippen molar-refractivity contribution in [3.63, 3.8) is 0 Å². The molecule has 0 unspecified atom stereocenters. The van der Waals surface area contributed by atoms with E-state index in [2.05, 4.69) is 72.5 Å². The number of hydrogen-bond donors (Lipinski definition) is 0. The highest BCUT2D eigenvalue weighted by molar-refractivity contribution is 5.94. The summed E-state index contributed by atoms with van der Waals surface area (Å²) in [6.07, 6.45) is 0. The third-order valence-electron chi connectivity index (χ3n) is 7.77. The van der Waals surface area contributed by atoms with Gasteiger partial charge in [0, 0.05) is 31.7 Å². The Morgan fingerprint density at radius 3 is 2.00 bits per heavy atom. The lowest BCUT2D eigenvalue weighted by Crippen LogP contribution is -2.50. The van der Waals surface area contributed by atoms with Gasteiger partial charge in [-0.2, -0.15) is 5.10 Å². The molecule has 1 amide bonds. The van der Waals surface area contributed by atoms with Gasteiger partial charge < -0.3 is 9.64 Å². The van der Waals surface area contributed by atoms with Gasteiger partial charge in [-0.3, -0.25) is 9.69 Å². The van der Waals surface area contributed by atoms with Crippen molar-refractivity contribution >= 4 is 5.91 Å². The van der Waals surface area contributed by atoms with Crippen molar-refractivity contribution in [2.24, 2.45) is 0 Å². The quantitative estimate of drug-likeness (QED) is 0.239. The van der Waals surface area contributed by atoms with E-state index in [0.29, 0.717) is 18.8 Å². The molecule has 0 atom stereocenters. The van der Waals surface area contributed by atoms with E-state index in [4.69, 9.17) is 9.84 Å². The summed E-state index contributed by atoms with van der Waals surface area (Å²) in [6, 6.07) is 39.2. The van der Waals surface area contributed by atoms with E-state index in [9.17, 15) is 4.79 Å². The van der Waals surface area contributed by atoms with Gasteiger partial charge in [0.15, 0.2) is 0 Å². The first-order valence-electron chi connectivity index (χ1n) is 14.1. The number of aryl methyl sites for hydroxylation is 1. The van der Waals surface area contributed by atoms with Crippen LogP contribution in [0.25, 0.3) is 16.9 Å². The van der Waals surface area contributed by atoms with Gasteiger partial charge in [-0.1, -0.05) is 90.5 Å². The fourth-order valence-electron chi connectivity index (χ4n) is 5.57. The van der Waals surface area contributed by atoms with Crippen LogP contribution in [0.3, 0.4) is 0 Å². The van der Waals surface area contributed by atoms with Crippen LogP contribution in [0.1, 0.15) is 33.2 Å². The molecule has 0 bridgehead atoms. The van der Waals surface area contributed by atoms with Crippen LogP contribution in [-0.4, -0.2) is 58.8 Å². The van der Waals surface area contributed by atoms with Gasteiger partial charge in [0.1, 0.15) is 11.4 Å². The smallest absolute Gasteiger partial charge is 0.272 e. The van der Waals surface area contributed by atoms with E-state index in [0.717, 1.165) is 41.3 Å². The number of nitrogens with zero attached hydrogens (tertiary/aromatic N) is 4. The number of piperazine rings is 1. The Morgan fingerprint density at radius 1 is 0.756 bits per heavy atom. The SMILES string of the molecule is COc1cccc(-c2cc(C(=O)N3CCN(C(c4ccccc4)c4ccccc4)CC3)n(-c3ccc(C)cc3)n2)c1. The van der Waals surface area contributed by atoms with Crippen LogP contribution in [0.4, 0.5) is 0 Å². The Balaban J connectivity index is 1.28. The van der Waals surface area contributed by atoms with Crippen LogP contribution >= 0.6 is 0 Å². The molecule has 4 aromatic carbocycles. The van der Waals surface area contributed by atoms with Crippen molar-refractivity contribution in [3.8, 4) is 22.7 Å². The van der Waals surface area contributed by atoms with E-state index in [1.54, 1.807) is 11.8 Å². The topological polar surface area (TPSA) is 50.6 Å². The molecule has 6 rings (SSSR count). The predicted molar refractivity (Wildman–Crippen MR) is 162 cm³/mol. The van der Waals surface area contributed by atoms with Crippen LogP contribution in [0.2, 0.25) is 0 Å². The maximum atomic E-state index is 14.1. The van der Waals surface area contributed by atoms with E-state index < -0.39 is 0 Å². The third-order valence-corrected chi connectivity index (χ3v) is 7.77. The first kappa shape index (κ1) is 26.5. The fourth-order valence-corrected chi connectivity index (χ4v) is 5.57. The maximum absolute atomic E-state index is 14.1. The largest absolute Gasteiger partial charge is 0.497 e. The minimum Gasteiger partial charge on any atom is -0.497 e. The summed E-state index contributed by atoms with van der Waals surface area (Å²) in [5.74, 6) is 0.741. The zero-order chi connectivity index (χ0) is 28.2. The van der Waals surface area contributed by atoms with Crippen LogP contribution in [-0.2, 0) is 0 Å². The van der Waals surface area contributed by atoms with Crippen molar-refractivity contribution in [2.45, 2.75) is 13.0 Å². The summed E-state index contributed by atoms with van der Waals surface area (Å²) in [5, 5.41) is 4.90. The zero-order valence-electron chi connectivity index (χ0n) is 23.5. The van der Waals surface area contributed by atoms with Gasteiger partial charge in [0.25, 0.3) is 5.91 Å². The average molecular weight is 543 g/mol. The van der Waals surface area contributed by atoms with E-state index in [1.165, 1.54) is 11.1 Å². The van der Waals surface area contributed by atoms with Gasteiger partial charge in [-0.25, -0.2) is 4.68 Å². The molecule has 0 saturated carbocycles. The van der Waals surface area contributed by atoms with Crippen molar-refractivity contribution in [3.05, 3.63) is 138 Å². The van der Waals surface area contributed by atoms with Crippen molar-refractivity contribution < 1.29 is 9.53 Å². The van der Waals surface area contributed by atoms with Gasteiger partial charge in [-0.15, -0.1) is 0 Å². The molecule has 206 valence electrons. The summed E-state index contributed by atoms with van der Waals surface area (Å²) in [4.78, 5) is 18.5. The molecule has 1 aliphatic rings. The molecule has 1 saturated heterocycles. The lowest BCUT2D eigenvalue weighted by molar-refractivity contribution is 0.0588. The molecule has 2 heterocycles. The number of carbonyl (C=O) groups excluding carboxylic acids is 1. The second-order valence-electron chi connectivity index (χ2n) is 10.4. The lowest BCUT2D eigenvalue weighted by atomic mass is 9.96. The molecule has 0 aliphatic carbocycles. The van der Waals surface area contributed by atoms with Crippen molar-refractivity contribution in [1.82, 2.24) is 19.6 Å². The highest BCUT2D eigenvalue weighted by Gasteiger charge is 2.30. The van der Waals surface area contributed by atoms with Gasteiger partial charge in [-0.05, 0) is 48.4 Å². The number of rotatable bonds is 7. The Hall–Kier alpha value is -4.68. The van der Waals surface area contributed by atoms with Crippen LogP contribution in [0.5, 0.6) is 5.75 Å². The van der Waals surface area contributed by atoms with Gasteiger partial charge >= 0.3 is 0 Å². The number of benzene rings is 4. The van der Waals surface area contributed by atoms with Gasteiger partial charge in [0.05, 0.1) is 24.5 Å². The number of carbonyl (C=O) groups is 1. The zero-order valence-corrected chi connectivity index (χ0v) is 23.5. The van der Waals surface area contributed by atoms with E-state index in [1.807, 2.05) is 59.5 Å². The number of hydrogen-bond acceptors (Lipinski definition) is 4. The standard InChI is InChI=1S/C35H34N4O2/c1-26-16-18-30(19-17-26)39-33(25-32(36-39)29-14-9-15-31(24-29)41-2)35(40)38-22-20-37(21-23-38)34(27-10-5-3-6-11-27)28-12-7-4-8-13-28/h3-19,24-25,34H,20-23H2,1-2H3. The lowest BCUT2D eigenvalue weighted by Gasteiger charge is -2.39. The number of ether oxygens (including phenoxy) is 1. The highest BCUT2D eigenvalue weighted by Crippen LogP contribution is 2.30. The van der Waals surface area contributed by atoms with E-state index in [-0.39, 0.29) is 11.9 Å². The van der Waals surface area contributed by atoms with Crippen molar-refractivity contribution in [1.29, 1.82) is 0 Å². The first-order chi connectivity index (χ1) is 20.1. The third kappa shape index (κ3) is 5.65. The minimum absolute atomic E-state index is 0.0113. The second kappa shape index (κ2) is 11.8. The first-order valence-corrected chi connectivity index (χ1v) is 14.1. The van der Waals surface area contributed by atoms with Crippen molar-refractivity contribution in [2.75, 3.05) is 33.3 Å². The summed E-state index contributed by atoms with van der Waals surface area (Å²) in [7, 11) is 1.65. The summed E-state index contributed by atoms with van der Waals surface area (Å²) >= 11 is 0. The molecule has 1 aromatic heterocycles. The number of aromatic nitrogens is 2. The minimum atomic E-state index is -0.0113. The molecule has 1 aliphatic heterocycles. The molecule has 1 fully saturated rings. The molecule has 0 N–H and O–H groups in total. The van der Waals surface area contributed by atoms with Crippen LogP contribution in [0.15, 0.2) is 115 Å². The predicted octanol–water partition coefficient (Wildman–Crippen LogP) is 6.40. The molecule has 6 heteroatoms. The fraction of sp³-hybridized carbons (Fsp3) is 0.200. The number of methoxy groups -OCH3 is 1. The highest BCUT2D eigenvalue weighted by atomic mass is 16.5. The molecule has 41 heavy (non-hydrogen) atoms. The molecule has 6 nitrogen and oxygen atoms in total. The maximum Gasteiger partial charge on any atom is 0.272 e. The molecular weight excluding hydrogens is 508 g/mol. The monoisotopic (exact) mass is 542 g/mol. The number of amides is 1. The molecule has 0 radical (unpaired) electrons. The Labute approximate surface area is 241 Å². The summed E-state index contributed by atoms with van der Waals surface area (Å²) < 4.78 is 7.21. The second-order valence-corrected chi connectivity index (χ2v) is 10.4. The normalized spacial score (nSPS) is 13.9. The summed E-state index contributed by atoms with van der Waals surface area (Å²) in [6.45, 7) is 4.90. The molecule has 0 spiro atoms. The Bertz CT molecular complexity index is 1570. The molecular formula is C35H34N4O2. The average Bonchev–Trinajstić information content (AvgIpc) is 3.48. The molecule has 5 aromatic rings. The van der Waals surface area contributed by atoms with Crippen LogP contribution < -0.4 is 4.74 Å². The Kier molecular flexibility index (Phi) is 7.65. The van der Waals surface area contributed by atoms with E-state index >= 15 is 0 Å². The summed E-state index contributed by atoms with van der Waals surface area (Å²) in [5.41, 5.74) is 6.74. The Morgan fingerprint density at radius 2 is 1.39 bits per heavy atom. The van der Waals surface area contributed by atoms with Crippen LogP contribution in [0, 0.1) is 6.92 Å². The van der Waals surface area contributed by atoms with Gasteiger partial charge in [0.2, 0.25) is 0 Å².